The minimum atomic E-state index is -0.0907. The molecule has 0 unspecified atom stereocenters. The quantitative estimate of drug-likeness (QED) is 0.626. The van der Waals surface area contributed by atoms with Crippen molar-refractivity contribution >= 4 is 17.3 Å². The van der Waals surface area contributed by atoms with E-state index < -0.39 is 0 Å². The zero-order valence-corrected chi connectivity index (χ0v) is 14.5. The standard InChI is InChI=1S/C20H26N4O/c21-19-10-5-4-9-18(19)20(25)22-11-6-12-23-13-15-24(16-14-23)17-7-2-1-3-8-17/h1-5,7-10H,6,11-16,21H2,(H,22,25). The molecule has 0 aliphatic carbocycles. The van der Waals surface area contributed by atoms with Crippen molar-refractivity contribution in [2.75, 3.05) is 49.9 Å². The Kier molecular flexibility index (Phi) is 5.90. The van der Waals surface area contributed by atoms with Crippen molar-refractivity contribution in [3.8, 4) is 0 Å². The third kappa shape index (κ3) is 4.73. The van der Waals surface area contributed by atoms with Crippen molar-refractivity contribution < 1.29 is 4.79 Å². The van der Waals surface area contributed by atoms with Crippen molar-refractivity contribution in [2.24, 2.45) is 0 Å². The number of para-hydroxylation sites is 2. The fourth-order valence-corrected chi connectivity index (χ4v) is 3.17. The molecule has 1 aliphatic heterocycles. The molecule has 0 saturated carbocycles. The Morgan fingerprint density at radius 3 is 2.36 bits per heavy atom. The number of amides is 1. The Bertz CT molecular complexity index is 681. The van der Waals surface area contributed by atoms with Crippen molar-refractivity contribution in [2.45, 2.75) is 6.42 Å². The second-order valence-electron chi connectivity index (χ2n) is 6.36. The van der Waals surface area contributed by atoms with E-state index in [0.29, 0.717) is 17.8 Å². The first-order valence-corrected chi connectivity index (χ1v) is 8.89. The molecule has 0 bridgehead atoms. The van der Waals surface area contributed by atoms with E-state index >= 15 is 0 Å². The smallest absolute Gasteiger partial charge is 0.253 e. The Morgan fingerprint density at radius 2 is 1.64 bits per heavy atom. The van der Waals surface area contributed by atoms with E-state index in [4.69, 9.17) is 5.73 Å². The number of carbonyl (C=O) groups excluding carboxylic acids is 1. The number of carbonyl (C=O) groups is 1. The number of nitrogens with zero attached hydrogens (tertiary/aromatic N) is 2. The van der Waals surface area contributed by atoms with E-state index in [1.165, 1.54) is 5.69 Å². The van der Waals surface area contributed by atoms with Gasteiger partial charge in [0.25, 0.3) is 5.91 Å². The lowest BCUT2D eigenvalue weighted by Gasteiger charge is -2.36. The van der Waals surface area contributed by atoms with Gasteiger partial charge in [-0.05, 0) is 37.2 Å². The molecule has 0 aromatic heterocycles. The predicted molar refractivity (Wildman–Crippen MR) is 103 cm³/mol. The molecule has 0 spiro atoms. The number of rotatable bonds is 6. The molecule has 5 heteroatoms. The van der Waals surface area contributed by atoms with E-state index in [-0.39, 0.29) is 5.91 Å². The normalized spacial score (nSPS) is 15.1. The summed E-state index contributed by atoms with van der Waals surface area (Å²) in [4.78, 5) is 17.0. The van der Waals surface area contributed by atoms with Gasteiger partial charge in [0, 0.05) is 44.1 Å². The van der Waals surface area contributed by atoms with E-state index in [1.807, 2.05) is 12.1 Å². The molecule has 1 aliphatic rings. The number of nitrogens with two attached hydrogens (primary N) is 1. The average Bonchev–Trinajstić information content (AvgIpc) is 2.66. The van der Waals surface area contributed by atoms with Crippen LogP contribution in [0.2, 0.25) is 0 Å². The summed E-state index contributed by atoms with van der Waals surface area (Å²) in [5.41, 5.74) is 8.21. The van der Waals surface area contributed by atoms with Gasteiger partial charge in [-0.3, -0.25) is 9.69 Å². The van der Waals surface area contributed by atoms with Crippen molar-refractivity contribution in [1.82, 2.24) is 10.2 Å². The summed E-state index contributed by atoms with van der Waals surface area (Å²) in [5.74, 6) is -0.0907. The maximum atomic E-state index is 12.1. The number of hydrogen-bond acceptors (Lipinski definition) is 4. The topological polar surface area (TPSA) is 61.6 Å². The Balaban J connectivity index is 1.35. The van der Waals surface area contributed by atoms with E-state index in [2.05, 4.69) is 45.4 Å². The van der Waals surface area contributed by atoms with Crippen LogP contribution in [0.5, 0.6) is 0 Å². The van der Waals surface area contributed by atoms with E-state index in [9.17, 15) is 4.79 Å². The van der Waals surface area contributed by atoms with Crippen LogP contribution >= 0.6 is 0 Å². The van der Waals surface area contributed by atoms with Gasteiger partial charge < -0.3 is 16.0 Å². The first-order chi connectivity index (χ1) is 12.2. The molecular weight excluding hydrogens is 312 g/mol. The van der Waals surface area contributed by atoms with Gasteiger partial charge in [-0.15, -0.1) is 0 Å². The fraction of sp³-hybridized carbons (Fsp3) is 0.350. The molecule has 1 saturated heterocycles. The SMILES string of the molecule is Nc1ccccc1C(=O)NCCCN1CCN(c2ccccc2)CC1. The van der Waals surface area contributed by atoms with Crippen LogP contribution in [-0.4, -0.2) is 50.1 Å². The van der Waals surface area contributed by atoms with Crippen LogP contribution in [0.25, 0.3) is 0 Å². The van der Waals surface area contributed by atoms with Gasteiger partial charge in [0.05, 0.1) is 5.56 Å². The molecule has 3 N–H and O–H groups in total. The van der Waals surface area contributed by atoms with Crippen LogP contribution in [-0.2, 0) is 0 Å². The van der Waals surface area contributed by atoms with Crippen LogP contribution < -0.4 is 16.0 Å². The summed E-state index contributed by atoms with van der Waals surface area (Å²) in [5, 5.41) is 2.96. The van der Waals surface area contributed by atoms with Gasteiger partial charge in [-0.1, -0.05) is 30.3 Å². The molecule has 0 atom stereocenters. The van der Waals surface area contributed by atoms with Gasteiger partial charge in [-0.25, -0.2) is 0 Å². The van der Waals surface area contributed by atoms with Crippen molar-refractivity contribution in [3.63, 3.8) is 0 Å². The highest BCUT2D eigenvalue weighted by Gasteiger charge is 2.16. The molecule has 132 valence electrons. The number of nitrogen functional groups attached to an aromatic ring is 1. The first-order valence-electron chi connectivity index (χ1n) is 8.89. The Morgan fingerprint density at radius 1 is 0.960 bits per heavy atom. The Labute approximate surface area is 149 Å². The van der Waals surface area contributed by atoms with Crippen LogP contribution in [0.3, 0.4) is 0 Å². The molecule has 25 heavy (non-hydrogen) atoms. The summed E-state index contributed by atoms with van der Waals surface area (Å²) in [7, 11) is 0. The second kappa shape index (κ2) is 8.53. The van der Waals surface area contributed by atoms with Gasteiger partial charge in [-0.2, -0.15) is 0 Å². The van der Waals surface area contributed by atoms with Crippen LogP contribution in [0.1, 0.15) is 16.8 Å². The lowest BCUT2D eigenvalue weighted by Crippen LogP contribution is -2.47. The number of anilines is 2. The van der Waals surface area contributed by atoms with Gasteiger partial charge in [0.15, 0.2) is 0 Å². The molecule has 1 amide bonds. The maximum Gasteiger partial charge on any atom is 0.253 e. The third-order valence-corrected chi connectivity index (χ3v) is 4.64. The third-order valence-electron chi connectivity index (χ3n) is 4.64. The van der Waals surface area contributed by atoms with Crippen LogP contribution in [0.15, 0.2) is 54.6 Å². The largest absolute Gasteiger partial charge is 0.398 e. The minimum absolute atomic E-state index is 0.0907. The summed E-state index contributed by atoms with van der Waals surface area (Å²) in [6.45, 7) is 5.91. The lowest BCUT2D eigenvalue weighted by molar-refractivity contribution is 0.0952. The molecule has 5 nitrogen and oxygen atoms in total. The molecule has 0 radical (unpaired) electrons. The fourth-order valence-electron chi connectivity index (χ4n) is 3.17. The van der Waals surface area contributed by atoms with E-state index in [0.717, 1.165) is 39.1 Å². The Hall–Kier alpha value is -2.53. The highest BCUT2D eigenvalue weighted by molar-refractivity contribution is 5.99. The maximum absolute atomic E-state index is 12.1. The van der Waals surface area contributed by atoms with Crippen molar-refractivity contribution in [3.05, 3.63) is 60.2 Å². The number of nitrogens with one attached hydrogen (secondary N) is 1. The molecular formula is C20H26N4O. The summed E-state index contributed by atoms with van der Waals surface area (Å²) >= 11 is 0. The van der Waals surface area contributed by atoms with Gasteiger partial charge >= 0.3 is 0 Å². The number of benzene rings is 2. The highest BCUT2D eigenvalue weighted by Crippen LogP contribution is 2.15. The van der Waals surface area contributed by atoms with Crippen LogP contribution in [0.4, 0.5) is 11.4 Å². The first kappa shape index (κ1) is 17.3. The summed E-state index contributed by atoms with van der Waals surface area (Å²) < 4.78 is 0. The summed E-state index contributed by atoms with van der Waals surface area (Å²) in [6.07, 6.45) is 0.948. The average molecular weight is 338 g/mol. The lowest BCUT2D eigenvalue weighted by atomic mass is 10.1. The monoisotopic (exact) mass is 338 g/mol. The van der Waals surface area contributed by atoms with Crippen LogP contribution in [0, 0.1) is 0 Å². The number of piperazine rings is 1. The van der Waals surface area contributed by atoms with Gasteiger partial charge in [0.1, 0.15) is 0 Å². The summed E-state index contributed by atoms with van der Waals surface area (Å²) in [6, 6.07) is 17.7. The zero-order valence-electron chi connectivity index (χ0n) is 14.5. The molecule has 1 fully saturated rings. The van der Waals surface area contributed by atoms with Crippen molar-refractivity contribution in [1.29, 1.82) is 0 Å². The van der Waals surface area contributed by atoms with E-state index in [1.54, 1.807) is 12.1 Å². The molecule has 1 heterocycles. The predicted octanol–water partition coefficient (Wildman–Crippen LogP) is 2.21. The number of hydrogen-bond donors (Lipinski definition) is 2. The molecule has 2 aromatic carbocycles. The second-order valence-corrected chi connectivity index (χ2v) is 6.36. The minimum Gasteiger partial charge on any atom is -0.398 e. The highest BCUT2D eigenvalue weighted by atomic mass is 16.1. The molecule has 3 rings (SSSR count). The zero-order chi connectivity index (χ0) is 17.5. The van der Waals surface area contributed by atoms with Gasteiger partial charge in [0.2, 0.25) is 0 Å². The molecule has 2 aromatic rings.